The number of benzene rings is 1. The van der Waals surface area contributed by atoms with Crippen LogP contribution < -0.4 is 5.32 Å². The molecule has 2 atom stereocenters. The van der Waals surface area contributed by atoms with Gasteiger partial charge in [-0.25, -0.2) is 0 Å². The Labute approximate surface area is 102 Å². The van der Waals surface area contributed by atoms with Gasteiger partial charge in [0.25, 0.3) is 0 Å². The fraction of sp³-hybridized carbons (Fsp3) is 0.538. The van der Waals surface area contributed by atoms with Crippen LogP contribution in [0.3, 0.4) is 0 Å². The molecular weight excluding hydrogens is 222 g/mol. The van der Waals surface area contributed by atoms with E-state index in [4.69, 9.17) is 16.3 Å². The van der Waals surface area contributed by atoms with Gasteiger partial charge in [0.2, 0.25) is 0 Å². The van der Waals surface area contributed by atoms with Crippen LogP contribution in [-0.2, 0) is 4.74 Å². The summed E-state index contributed by atoms with van der Waals surface area (Å²) in [5.41, 5.74) is 1.13. The second kappa shape index (κ2) is 5.07. The number of rotatable bonds is 2. The van der Waals surface area contributed by atoms with E-state index in [0.717, 1.165) is 23.6 Å². The summed E-state index contributed by atoms with van der Waals surface area (Å²) in [6.07, 6.45) is 2.81. The second-order valence-corrected chi connectivity index (χ2v) is 5.01. The molecular formula is C13H18ClNO. The number of ether oxygens (including phenoxy) is 1. The molecule has 0 aliphatic carbocycles. The highest BCUT2D eigenvalue weighted by molar-refractivity contribution is 6.30. The van der Waals surface area contributed by atoms with Crippen molar-refractivity contribution in [2.24, 2.45) is 0 Å². The zero-order chi connectivity index (χ0) is 11.5. The van der Waals surface area contributed by atoms with Gasteiger partial charge in [-0.1, -0.05) is 11.6 Å². The molecule has 1 aromatic rings. The van der Waals surface area contributed by atoms with Crippen LogP contribution in [0.4, 0.5) is 5.69 Å². The van der Waals surface area contributed by atoms with Crippen molar-refractivity contribution in [3.8, 4) is 0 Å². The molecule has 1 saturated heterocycles. The van der Waals surface area contributed by atoms with Crippen LogP contribution in [-0.4, -0.2) is 18.2 Å². The summed E-state index contributed by atoms with van der Waals surface area (Å²) in [7, 11) is 0. The van der Waals surface area contributed by atoms with E-state index in [1.54, 1.807) is 0 Å². The van der Waals surface area contributed by atoms with Crippen molar-refractivity contribution in [2.45, 2.75) is 44.9 Å². The van der Waals surface area contributed by atoms with E-state index in [-0.39, 0.29) is 0 Å². The highest BCUT2D eigenvalue weighted by atomic mass is 35.5. The van der Waals surface area contributed by atoms with E-state index in [2.05, 4.69) is 19.2 Å². The van der Waals surface area contributed by atoms with Gasteiger partial charge in [-0.2, -0.15) is 0 Å². The molecule has 16 heavy (non-hydrogen) atoms. The van der Waals surface area contributed by atoms with Crippen LogP contribution >= 0.6 is 11.6 Å². The summed E-state index contributed by atoms with van der Waals surface area (Å²) in [6, 6.07) is 8.37. The average Bonchev–Trinajstić information content (AvgIpc) is 2.20. The first-order valence-electron chi connectivity index (χ1n) is 5.81. The van der Waals surface area contributed by atoms with E-state index in [0.29, 0.717) is 18.2 Å². The molecule has 2 unspecified atom stereocenters. The first kappa shape index (κ1) is 11.7. The Kier molecular flexibility index (Phi) is 3.72. The Morgan fingerprint density at radius 3 is 2.25 bits per heavy atom. The maximum Gasteiger partial charge on any atom is 0.0570 e. The highest BCUT2D eigenvalue weighted by Crippen LogP contribution is 2.23. The molecule has 1 fully saturated rings. The summed E-state index contributed by atoms with van der Waals surface area (Å²) in [5, 5.41) is 4.31. The Hall–Kier alpha value is -0.730. The molecule has 0 amide bonds. The molecule has 1 aromatic carbocycles. The summed E-state index contributed by atoms with van der Waals surface area (Å²) in [5.74, 6) is 0. The molecule has 88 valence electrons. The van der Waals surface area contributed by atoms with E-state index in [1.807, 2.05) is 24.3 Å². The molecule has 0 spiro atoms. The van der Waals surface area contributed by atoms with Gasteiger partial charge in [0.05, 0.1) is 12.2 Å². The number of hydrogen-bond donors (Lipinski definition) is 1. The van der Waals surface area contributed by atoms with Gasteiger partial charge in [-0.3, -0.25) is 0 Å². The molecule has 0 radical (unpaired) electrons. The minimum Gasteiger partial charge on any atom is -0.382 e. The normalized spacial score (nSPS) is 30.1. The Balaban J connectivity index is 1.96. The zero-order valence-corrected chi connectivity index (χ0v) is 10.5. The average molecular weight is 240 g/mol. The topological polar surface area (TPSA) is 21.3 Å². The minimum absolute atomic E-state index is 0.341. The predicted octanol–water partition coefficient (Wildman–Crippen LogP) is 3.71. The van der Waals surface area contributed by atoms with Crippen LogP contribution in [0.25, 0.3) is 0 Å². The van der Waals surface area contributed by atoms with Crippen LogP contribution in [0.15, 0.2) is 24.3 Å². The van der Waals surface area contributed by atoms with Gasteiger partial charge in [-0.15, -0.1) is 0 Å². The molecule has 1 N–H and O–H groups in total. The van der Waals surface area contributed by atoms with Crippen LogP contribution in [0.5, 0.6) is 0 Å². The summed E-state index contributed by atoms with van der Waals surface area (Å²) in [4.78, 5) is 0. The van der Waals surface area contributed by atoms with E-state index in [1.165, 1.54) is 0 Å². The van der Waals surface area contributed by atoms with Gasteiger partial charge in [0, 0.05) is 16.8 Å². The van der Waals surface area contributed by atoms with Gasteiger partial charge in [0.15, 0.2) is 0 Å². The lowest BCUT2D eigenvalue weighted by Crippen LogP contribution is -2.36. The molecule has 2 rings (SSSR count). The molecule has 2 nitrogen and oxygen atoms in total. The lowest BCUT2D eigenvalue weighted by Gasteiger charge is -2.33. The summed E-state index contributed by atoms with van der Waals surface area (Å²) >= 11 is 5.85. The van der Waals surface area contributed by atoms with E-state index in [9.17, 15) is 0 Å². The molecule has 1 aliphatic rings. The maximum atomic E-state index is 5.85. The fourth-order valence-electron chi connectivity index (χ4n) is 2.30. The van der Waals surface area contributed by atoms with Crippen molar-refractivity contribution >= 4 is 17.3 Å². The number of nitrogens with one attached hydrogen (secondary N) is 1. The second-order valence-electron chi connectivity index (χ2n) is 4.58. The molecule has 1 heterocycles. The molecule has 0 bridgehead atoms. The quantitative estimate of drug-likeness (QED) is 0.850. The van der Waals surface area contributed by atoms with Crippen molar-refractivity contribution in [1.82, 2.24) is 0 Å². The lowest BCUT2D eigenvalue weighted by molar-refractivity contribution is -0.0337. The number of halogens is 1. The van der Waals surface area contributed by atoms with Gasteiger partial charge < -0.3 is 10.1 Å². The first-order chi connectivity index (χ1) is 7.63. The van der Waals surface area contributed by atoms with Crippen molar-refractivity contribution in [3.05, 3.63) is 29.3 Å². The van der Waals surface area contributed by atoms with Crippen LogP contribution in [0.1, 0.15) is 26.7 Å². The van der Waals surface area contributed by atoms with Crippen LogP contribution in [0.2, 0.25) is 5.02 Å². The molecule has 0 aromatic heterocycles. The fourth-order valence-corrected chi connectivity index (χ4v) is 2.43. The zero-order valence-electron chi connectivity index (χ0n) is 9.74. The van der Waals surface area contributed by atoms with Crippen molar-refractivity contribution in [1.29, 1.82) is 0 Å². The lowest BCUT2D eigenvalue weighted by atomic mass is 9.99. The summed E-state index contributed by atoms with van der Waals surface area (Å²) in [6.45, 7) is 4.26. The third-order valence-corrected chi connectivity index (χ3v) is 3.16. The third-order valence-electron chi connectivity index (χ3n) is 2.91. The Morgan fingerprint density at radius 1 is 1.12 bits per heavy atom. The molecule has 1 aliphatic heterocycles. The minimum atomic E-state index is 0.341. The predicted molar refractivity (Wildman–Crippen MR) is 68.1 cm³/mol. The van der Waals surface area contributed by atoms with Crippen molar-refractivity contribution in [3.63, 3.8) is 0 Å². The SMILES string of the molecule is CC1CC(Nc2ccc(Cl)cc2)CC(C)O1. The van der Waals surface area contributed by atoms with Crippen molar-refractivity contribution < 1.29 is 4.74 Å². The standard InChI is InChI=1S/C13H18ClNO/c1-9-7-13(8-10(2)16-9)15-12-5-3-11(14)4-6-12/h3-6,9-10,13,15H,7-8H2,1-2H3. The number of hydrogen-bond acceptors (Lipinski definition) is 2. The molecule has 3 heteroatoms. The monoisotopic (exact) mass is 239 g/mol. The smallest absolute Gasteiger partial charge is 0.0570 e. The Morgan fingerprint density at radius 2 is 1.69 bits per heavy atom. The largest absolute Gasteiger partial charge is 0.382 e. The third kappa shape index (κ3) is 3.13. The number of anilines is 1. The Bertz CT molecular complexity index is 328. The van der Waals surface area contributed by atoms with Gasteiger partial charge >= 0.3 is 0 Å². The van der Waals surface area contributed by atoms with Crippen molar-refractivity contribution in [2.75, 3.05) is 5.32 Å². The van der Waals surface area contributed by atoms with Crippen LogP contribution in [0, 0.1) is 0 Å². The van der Waals surface area contributed by atoms with Gasteiger partial charge in [0.1, 0.15) is 0 Å². The van der Waals surface area contributed by atoms with E-state index < -0.39 is 0 Å². The molecule has 0 saturated carbocycles. The maximum absolute atomic E-state index is 5.85. The summed E-state index contributed by atoms with van der Waals surface area (Å²) < 4.78 is 5.71. The highest BCUT2D eigenvalue weighted by Gasteiger charge is 2.23. The van der Waals surface area contributed by atoms with E-state index >= 15 is 0 Å². The first-order valence-corrected chi connectivity index (χ1v) is 6.19. The van der Waals surface area contributed by atoms with Gasteiger partial charge in [-0.05, 0) is 51.0 Å².